The third kappa shape index (κ3) is 82.1. The monoisotopic (exact) mass is 1070 g/mol. The van der Waals surface area contributed by atoms with Crippen LogP contribution in [-0.4, -0.2) is 17.9 Å². The molecule has 0 aliphatic carbocycles. The zero-order valence-corrected chi connectivity index (χ0v) is 48.6. The summed E-state index contributed by atoms with van der Waals surface area (Å²) in [5.41, 5.74) is 0. The van der Waals surface area contributed by atoms with E-state index in [2.05, 4.69) is 57.2 Å². The normalized spacial score (nSPS) is 11.1. The smallest absolute Gasteiger partial charge is 0.550 e. The standard InChI is InChI=1S/3C20H38O2.La/c3*1-2-3-4-5-6-7-8-9-10-11-12-13-14-15-16-17-18-19-20(21)22;/h3*11-12H,2-10,13-19H2,1H3,(H,21,22);/q;;;+3/p-3/b3*12-11-;. The maximum absolute atomic E-state index is 10.2. The van der Waals surface area contributed by atoms with E-state index in [1.807, 2.05) is 0 Å². The number of unbranched alkanes of at least 4 members (excludes halogenated alkanes) is 39. The van der Waals surface area contributed by atoms with E-state index in [0.29, 0.717) is 0 Å². The van der Waals surface area contributed by atoms with Crippen LogP contribution in [-0.2, 0) is 14.4 Å². The average Bonchev–Trinajstić information content (AvgIpc) is 3.29. The molecule has 0 radical (unpaired) electrons. The molecular weight excluding hydrogens is 956 g/mol. The van der Waals surface area contributed by atoms with Crippen LogP contribution in [0.2, 0.25) is 0 Å². The second-order valence-corrected chi connectivity index (χ2v) is 19.2. The molecule has 0 fully saturated rings. The van der Waals surface area contributed by atoms with Crippen molar-refractivity contribution in [1.82, 2.24) is 0 Å². The molecule has 0 saturated heterocycles. The van der Waals surface area contributed by atoms with Crippen molar-refractivity contribution < 1.29 is 65.3 Å². The first-order valence-corrected chi connectivity index (χ1v) is 28.9. The average molecular weight is 1070 g/mol. The maximum Gasteiger partial charge on any atom is 3.00 e. The Morgan fingerprint density at radius 3 is 0.522 bits per heavy atom. The topological polar surface area (TPSA) is 120 Å². The number of carboxylic acids is 3. The molecule has 390 valence electrons. The fourth-order valence-electron chi connectivity index (χ4n) is 8.08. The van der Waals surface area contributed by atoms with Crippen molar-refractivity contribution in [3.8, 4) is 0 Å². The van der Waals surface area contributed by atoms with E-state index in [9.17, 15) is 29.7 Å². The Morgan fingerprint density at radius 1 is 0.239 bits per heavy atom. The molecule has 0 aliphatic heterocycles. The van der Waals surface area contributed by atoms with Crippen molar-refractivity contribution in [3.05, 3.63) is 36.5 Å². The molecule has 6 nitrogen and oxygen atoms in total. The number of rotatable bonds is 51. The van der Waals surface area contributed by atoms with Crippen molar-refractivity contribution >= 4 is 17.9 Å². The van der Waals surface area contributed by atoms with Gasteiger partial charge < -0.3 is 29.7 Å². The predicted molar refractivity (Wildman–Crippen MR) is 281 cm³/mol. The van der Waals surface area contributed by atoms with Gasteiger partial charge in [0.05, 0.1) is 0 Å². The first kappa shape index (κ1) is 72.4. The van der Waals surface area contributed by atoms with Gasteiger partial charge in [0.15, 0.2) is 0 Å². The molecule has 7 heteroatoms. The van der Waals surface area contributed by atoms with Gasteiger partial charge in [-0.25, -0.2) is 0 Å². The van der Waals surface area contributed by atoms with E-state index in [1.165, 1.54) is 231 Å². The van der Waals surface area contributed by atoms with Gasteiger partial charge in [-0.15, -0.1) is 0 Å². The fraction of sp³-hybridized carbons (Fsp3) is 0.850. The zero-order valence-electron chi connectivity index (χ0n) is 44.9. The van der Waals surface area contributed by atoms with E-state index in [0.717, 1.165) is 57.8 Å². The van der Waals surface area contributed by atoms with Crippen molar-refractivity contribution in [3.63, 3.8) is 0 Å². The van der Waals surface area contributed by atoms with E-state index in [4.69, 9.17) is 0 Å². The predicted octanol–water partition coefficient (Wildman–Crippen LogP) is 16.7. The molecule has 0 rings (SSSR count). The van der Waals surface area contributed by atoms with Crippen LogP contribution in [0.4, 0.5) is 0 Å². The van der Waals surface area contributed by atoms with Crippen LogP contribution in [0.1, 0.15) is 329 Å². The van der Waals surface area contributed by atoms with Crippen LogP contribution in [0, 0.1) is 35.6 Å². The summed E-state index contributed by atoms with van der Waals surface area (Å²) in [4.78, 5) is 30.7. The summed E-state index contributed by atoms with van der Waals surface area (Å²) in [6.07, 6.45) is 71.5. The van der Waals surface area contributed by atoms with Gasteiger partial charge >= 0.3 is 35.6 Å². The zero-order chi connectivity index (χ0) is 48.9. The number of carbonyl (C=O) groups is 3. The number of hydrogen-bond acceptors (Lipinski definition) is 6. The SMILES string of the molecule is CCCCCCCCCC/C=C\CCCCCCCC(=O)[O-].CCCCCCCCCC/C=C\CCCCCCCC(=O)[O-].CCCCCCCCCC/C=C\CCCCCCCC(=O)[O-].[La+3]. The van der Waals surface area contributed by atoms with Gasteiger partial charge in [-0.05, 0) is 116 Å². The van der Waals surface area contributed by atoms with Crippen LogP contribution < -0.4 is 15.3 Å². The van der Waals surface area contributed by atoms with Crippen LogP contribution in [0.5, 0.6) is 0 Å². The summed E-state index contributed by atoms with van der Waals surface area (Å²) >= 11 is 0. The van der Waals surface area contributed by atoms with Gasteiger partial charge in [-0.1, -0.05) is 250 Å². The van der Waals surface area contributed by atoms with Gasteiger partial charge in [0.1, 0.15) is 0 Å². The van der Waals surface area contributed by atoms with E-state index in [-0.39, 0.29) is 54.9 Å². The second-order valence-electron chi connectivity index (χ2n) is 19.2. The number of carboxylic acid groups (broad SMARTS) is 3. The van der Waals surface area contributed by atoms with Crippen LogP contribution in [0.25, 0.3) is 0 Å². The van der Waals surface area contributed by atoms with Gasteiger partial charge in [0.25, 0.3) is 0 Å². The molecule has 0 N–H and O–H groups in total. The van der Waals surface area contributed by atoms with Gasteiger partial charge in [-0.3, -0.25) is 0 Å². The Labute approximate surface area is 445 Å². The molecule has 67 heavy (non-hydrogen) atoms. The summed E-state index contributed by atoms with van der Waals surface area (Å²) in [6, 6.07) is 0. The molecule has 0 unspecified atom stereocenters. The summed E-state index contributed by atoms with van der Waals surface area (Å²) in [5.74, 6) is -2.74. The molecule has 0 saturated carbocycles. The van der Waals surface area contributed by atoms with Crippen molar-refractivity contribution in [2.45, 2.75) is 329 Å². The third-order valence-corrected chi connectivity index (χ3v) is 12.4. The van der Waals surface area contributed by atoms with E-state index >= 15 is 0 Å². The van der Waals surface area contributed by atoms with Crippen LogP contribution >= 0.6 is 0 Å². The quantitative estimate of drug-likeness (QED) is 0.0442. The van der Waals surface area contributed by atoms with Crippen molar-refractivity contribution in [2.24, 2.45) is 0 Å². The summed E-state index contributed by atoms with van der Waals surface area (Å²) in [7, 11) is 0. The molecule has 0 atom stereocenters. The van der Waals surface area contributed by atoms with E-state index in [1.54, 1.807) is 0 Å². The molecule has 0 bridgehead atoms. The molecule has 0 aliphatic rings. The Hall–Kier alpha value is -1.18. The number of carbonyl (C=O) groups excluding carboxylic acids is 3. The van der Waals surface area contributed by atoms with Crippen molar-refractivity contribution in [1.29, 1.82) is 0 Å². The molecule has 0 spiro atoms. The summed E-state index contributed by atoms with van der Waals surface area (Å²) < 4.78 is 0. The number of aliphatic carboxylic acids is 3. The van der Waals surface area contributed by atoms with Crippen molar-refractivity contribution in [2.75, 3.05) is 0 Å². The number of allylic oxidation sites excluding steroid dienone is 6. The second kappa shape index (κ2) is 69.1. The molecular formula is C60H111LaO6. The maximum atomic E-state index is 10.2. The Kier molecular flexibility index (Phi) is 74.6. The first-order valence-electron chi connectivity index (χ1n) is 28.9. The van der Waals surface area contributed by atoms with Gasteiger partial charge in [-0.2, -0.15) is 0 Å². The van der Waals surface area contributed by atoms with Crippen LogP contribution in [0.15, 0.2) is 36.5 Å². The van der Waals surface area contributed by atoms with Crippen LogP contribution in [0.3, 0.4) is 0 Å². The molecule has 0 heterocycles. The minimum atomic E-state index is -0.913. The molecule has 0 amide bonds. The molecule has 0 aromatic rings. The Bertz CT molecular complexity index is 911. The van der Waals surface area contributed by atoms with E-state index < -0.39 is 17.9 Å². The minimum Gasteiger partial charge on any atom is -0.550 e. The van der Waals surface area contributed by atoms with Gasteiger partial charge in [0, 0.05) is 17.9 Å². The Morgan fingerprint density at radius 2 is 0.373 bits per heavy atom. The van der Waals surface area contributed by atoms with Gasteiger partial charge in [0.2, 0.25) is 0 Å². The largest absolute Gasteiger partial charge is 3.00 e. The summed E-state index contributed by atoms with van der Waals surface area (Å²) in [5, 5.41) is 30.7. The third-order valence-electron chi connectivity index (χ3n) is 12.4. The molecule has 0 aromatic carbocycles. The fourth-order valence-corrected chi connectivity index (χ4v) is 8.08. The summed E-state index contributed by atoms with van der Waals surface area (Å²) in [6.45, 7) is 6.80. The Balaban J connectivity index is -0.000000441. The first-order chi connectivity index (χ1) is 32.3. The molecule has 0 aromatic heterocycles. The minimum absolute atomic E-state index is 0. The number of hydrogen-bond donors (Lipinski definition) is 0.